The molecule has 0 atom stereocenters. The molecule has 2 N–H and O–H groups in total. The highest BCUT2D eigenvalue weighted by atomic mass is 32.1. The summed E-state index contributed by atoms with van der Waals surface area (Å²) in [4.78, 5) is 8.28. The average molecular weight is 392 g/mol. The standard InChI is InChI=1S/C23H25N3OS/c24-23-25-21-12-15-26(16-13-22(21)28-23)14-4-7-18-8-10-20(11-9-18)27-17-19-5-2-1-3-6-19/h1-11H,12-17H2,(H2,24,25). The first-order valence-electron chi connectivity index (χ1n) is 9.66. The minimum Gasteiger partial charge on any atom is -0.489 e. The van der Waals surface area contributed by atoms with Gasteiger partial charge in [-0.3, -0.25) is 4.90 Å². The molecule has 0 unspecified atom stereocenters. The van der Waals surface area contributed by atoms with Crippen molar-refractivity contribution in [2.24, 2.45) is 0 Å². The molecule has 0 fully saturated rings. The number of fused-ring (bicyclic) bond motifs is 1. The van der Waals surface area contributed by atoms with E-state index < -0.39 is 0 Å². The lowest BCUT2D eigenvalue weighted by atomic mass is 10.2. The van der Waals surface area contributed by atoms with Crippen LogP contribution in [0.25, 0.3) is 6.08 Å². The molecule has 0 spiro atoms. The molecule has 144 valence electrons. The molecule has 2 heterocycles. The maximum absolute atomic E-state index is 5.85. The van der Waals surface area contributed by atoms with E-state index in [1.165, 1.54) is 21.7 Å². The van der Waals surface area contributed by atoms with Gasteiger partial charge in [-0.2, -0.15) is 0 Å². The predicted molar refractivity (Wildman–Crippen MR) is 117 cm³/mol. The Kier molecular flexibility index (Phi) is 6.04. The zero-order valence-electron chi connectivity index (χ0n) is 15.9. The summed E-state index contributed by atoms with van der Waals surface area (Å²) in [6.07, 6.45) is 6.45. The third-order valence-corrected chi connectivity index (χ3v) is 5.90. The summed E-state index contributed by atoms with van der Waals surface area (Å²) >= 11 is 1.64. The summed E-state index contributed by atoms with van der Waals surface area (Å²) < 4.78 is 5.85. The molecule has 0 aliphatic carbocycles. The van der Waals surface area contributed by atoms with E-state index in [-0.39, 0.29) is 0 Å². The number of aromatic nitrogens is 1. The fourth-order valence-corrected chi connectivity index (χ4v) is 4.23. The van der Waals surface area contributed by atoms with E-state index in [4.69, 9.17) is 10.5 Å². The van der Waals surface area contributed by atoms with Crippen molar-refractivity contribution in [3.05, 3.63) is 82.4 Å². The molecule has 5 heteroatoms. The molecule has 4 nitrogen and oxygen atoms in total. The lowest BCUT2D eigenvalue weighted by Gasteiger charge is -2.17. The summed E-state index contributed by atoms with van der Waals surface area (Å²) in [6.45, 7) is 3.64. The lowest BCUT2D eigenvalue weighted by Crippen LogP contribution is -2.26. The van der Waals surface area contributed by atoms with E-state index in [1.54, 1.807) is 11.3 Å². The zero-order valence-corrected chi connectivity index (χ0v) is 16.7. The topological polar surface area (TPSA) is 51.4 Å². The van der Waals surface area contributed by atoms with Gasteiger partial charge in [0.25, 0.3) is 0 Å². The summed E-state index contributed by atoms with van der Waals surface area (Å²) in [5.41, 5.74) is 9.38. The van der Waals surface area contributed by atoms with Gasteiger partial charge in [0, 0.05) is 30.9 Å². The second-order valence-corrected chi connectivity index (χ2v) is 8.08. The van der Waals surface area contributed by atoms with Crippen molar-refractivity contribution in [3.63, 3.8) is 0 Å². The molecule has 1 aliphatic heterocycles. The maximum atomic E-state index is 5.85. The Morgan fingerprint density at radius 1 is 1.04 bits per heavy atom. The molecule has 0 amide bonds. The molecule has 28 heavy (non-hydrogen) atoms. The normalized spacial score (nSPS) is 14.7. The fraction of sp³-hybridized carbons (Fsp3) is 0.261. The molecule has 2 aromatic carbocycles. The van der Waals surface area contributed by atoms with E-state index in [9.17, 15) is 0 Å². The summed E-state index contributed by atoms with van der Waals surface area (Å²) in [5, 5.41) is 0.703. The van der Waals surface area contributed by atoms with E-state index in [2.05, 4.69) is 46.3 Å². The number of anilines is 1. The Morgan fingerprint density at radius 3 is 2.64 bits per heavy atom. The van der Waals surface area contributed by atoms with E-state index in [0.717, 1.165) is 38.2 Å². The molecule has 0 radical (unpaired) electrons. The van der Waals surface area contributed by atoms with Crippen molar-refractivity contribution in [3.8, 4) is 5.75 Å². The molecule has 0 saturated carbocycles. The number of rotatable bonds is 6. The van der Waals surface area contributed by atoms with Crippen LogP contribution in [0.2, 0.25) is 0 Å². The second-order valence-electron chi connectivity index (χ2n) is 6.97. The minimum absolute atomic E-state index is 0.594. The van der Waals surface area contributed by atoms with Crippen LogP contribution in [0.5, 0.6) is 5.75 Å². The Hall–Kier alpha value is -2.63. The number of nitrogens with zero attached hydrogens (tertiary/aromatic N) is 2. The van der Waals surface area contributed by atoms with Gasteiger partial charge in [0.2, 0.25) is 0 Å². The minimum atomic E-state index is 0.594. The highest BCUT2D eigenvalue weighted by Gasteiger charge is 2.16. The molecule has 0 saturated heterocycles. The van der Waals surface area contributed by atoms with Crippen LogP contribution in [-0.4, -0.2) is 29.5 Å². The van der Waals surface area contributed by atoms with Crippen molar-refractivity contribution in [2.75, 3.05) is 25.4 Å². The Bertz CT molecular complexity index is 893. The predicted octanol–water partition coefficient (Wildman–Crippen LogP) is 4.42. The maximum Gasteiger partial charge on any atom is 0.180 e. The number of benzene rings is 2. The molecular formula is C23H25N3OS. The molecule has 0 bridgehead atoms. The SMILES string of the molecule is Nc1nc2c(s1)CCN(CC=Cc1ccc(OCc3ccccc3)cc1)CC2. The van der Waals surface area contributed by atoms with Crippen molar-refractivity contribution >= 4 is 22.5 Å². The van der Waals surface area contributed by atoms with Gasteiger partial charge in [0.1, 0.15) is 12.4 Å². The van der Waals surface area contributed by atoms with E-state index in [0.29, 0.717) is 11.7 Å². The third kappa shape index (κ3) is 5.00. The number of hydrogen-bond donors (Lipinski definition) is 1. The highest BCUT2D eigenvalue weighted by molar-refractivity contribution is 7.15. The first-order chi connectivity index (χ1) is 13.8. The van der Waals surface area contributed by atoms with Gasteiger partial charge in [-0.25, -0.2) is 4.98 Å². The summed E-state index contributed by atoms with van der Waals surface area (Å²) in [6, 6.07) is 18.5. The van der Waals surface area contributed by atoms with Gasteiger partial charge in [-0.05, 0) is 29.7 Å². The zero-order chi connectivity index (χ0) is 19.2. The summed E-state index contributed by atoms with van der Waals surface area (Å²) in [7, 11) is 0. The van der Waals surface area contributed by atoms with Crippen LogP contribution in [-0.2, 0) is 19.4 Å². The van der Waals surface area contributed by atoms with Crippen LogP contribution >= 0.6 is 11.3 Å². The smallest absolute Gasteiger partial charge is 0.180 e. The van der Waals surface area contributed by atoms with Crippen LogP contribution in [0.1, 0.15) is 21.7 Å². The van der Waals surface area contributed by atoms with Gasteiger partial charge in [0.15, 0.2) is 5.13 Å². The van der Waals surface area contributed by atoms with Crippen LogP contribution in [0.4, 0.5) is 5.13 Å². The van der Waals surface area contributed by atoms with Crippen molar-refractivity contribution < 1.29 is 4.74 Å². The number of hydrogen-bond acceptors (Lipinski definition) is 5. The van der Waals surface area contributed by atoms with Crippen LogP contribution in [0.3, 0.4) is 0 Å². The van der Waals surface area contributed by atoms with Crippen LogP contribution in [0, 0.1) is 0 Å². The van der Waals surface area contributed by atoms with Gasteiger partial charge < -0.3 is 10.5 Å². The van der Waals surface area contributed by atoms with Crippen LogP contribution < -0.4 is 10.5 Å². The van der Waals surface area contributed by atoms with Gasteiger partial charge >= 0.3 is 0 Å². The summed E-state index contributed by atoms with van der Waals surface area (Å²) in [5.74, 6) is 0.895. The quantitative estimate of drug-likeness (QED) is 0.676. The second kappa shape index (κ2) is 9.04. The van der Waals surface area contributed by atoms with E-state index in [1.807, 2.05) is 30.3 Å². The van der Waals surface area contributed by atoms with Gasteiger partial charge in [0.05, 0.1) is 5.69 Å². The first-order valence-corrected chi connectivity index (χ1v) is 10.5. The Balaban J connectivity index is 1.25. The largest absolute Gasteiger partial charge is 0.489 e. The average Bonchev–Trinajstić information content (AvgIpc) is 2.99. The van der Waals surface area contributed by atoms with Crippen molar-refractivity contribution in [1.82, 2.24) is 9.88 Å². The lowest BCUT2D eigenvalue weighted by molar-refractivity contribution is 0.306. The number of ether oxygens (including phenoxy) is 1. The van der Waals surface area contributed by atoms with Gasteiger partial charge in [-0.1, -0.05) is 54.6 Å². The van der Waals surface area contributed by atoms with Crippen molar-refractivity contribution in [2.45, 2.75) is 19.4 Å². The Morgan fingerprint density at radius 2 is 1.82 bits per heavy atom. The molecule has 1 aliphatic rings. The number of thiazole rings is 1. The number of nitrogens with two attached hydrogens (primary N) is 1. The molecule has 4 rings (SSSR count). The molecule has 3 aromatic rings. The first kappa shape index (κ1) is 18.7. The molecular weight excluding hydrogens is 366 g/mol. The van der Waals surface area contributed by atoms with Gasteiger partial charge in [-0.15, -0.1) is 11.3 Å². The Labute approximate surface area is 170 Å². The highest BCUT2D eigenvalue weighted by Crippen LogP contribution is 2.24. The fourth-order valence-electron chi connectivity index (χ4n) is 3.37. The number of nitrogen functional groups attached to an aromatic ring is 1. The van der Waals surface area contributed by atoms with E-state index >= 15 is 0 Å². The molecule has 1 aromatic heterocycles. The monoisotopic (exact) mass is 391 g/mol. The van der Waals surface area contributed by atoms with Crippen molar-refractivity contribution in [1.29, 1.82) is 0 Å². The van der Waals surface area contributed by atoms with Crippen LogP contribution in [0.15, 0.2) is 60.7 Å². The third-order valence-electron chi connectivity index (χ3n) is 4.92.